The van der Waals surface area contributed by atoms with Crippen molar-refractivity contribution in [3.05, 3.63) is 111 Å². The molecule has 11 heteroatoms. The van der Waals surface area contributed by atoms with Gasteiger partial charge in [-0.2, -0.15) is 5.10 Å². The molecule has 0 spiro atoms. The van der Waals surface area contributed by atoms with E-state index in [1.165, 1.54) is 4.57 Å². The Morgan fingerprint density at radius 1 is 1.05 bits per heavy atom. The van der Waals surface area contributed by atoms with Crippen LogP contribution in [-0.4, -0.2) is 39.8 Å². The Morgan fingerprint density at radius 2 is 1.83 bits per heavy atom. The van der Waals surface area contributed by atoms with Crippen molar-refractivity contribution in [2.24, 2.45) is 7.05 Å². The molecule has 0 radical (unpaired) electrons. The number of aryl methyl sites for hydroxylation is 3. The van der Waals surface area contributed by atoms with E-state index in [0.29, 0.717) is 33.6 Å². The average molecular weight is 558 g/mol. The highest BCUT2D eigenvalue weighted by Crippen LogP contribution is 2.23. The van der Waals surface area contributed by atoms with Crippen LogP contribution >= 0.6 is 0 Å². The maximum Gasteiger partial charge on any atom is 0.267 e. The fourth-order valence-corrected chi connectivity index (χ4v) is 4.98. The Hall–Kier alpha value is -5.76. The molecule has 0 fully saturated rings. The number of para-hydroxylation sites is 1. The lowest BCUT2D eigenvalue weighted by Gasteiger charge is -2.20. The number of amides is 1. The molecule has 3 N–H and O–H groups in total. The molecule has 0 bridgehead atoms. The van der Waals surface area contributed by atoms with Crippen molar-refractivity contribution in [2.45, 2.75) is 26.8 Å². The molecule has 4 heterocycles. The first kappa shape index (κ1) is 26.5. The van der Waals surface area contributed by atoms with Crippen LogP contribution in [0.15, 0.2) is 71.8 Å². The van der Waals surface area contributed by atoms with Gasteiger partial charge >= 0.3 is 0 Å². The minimum atomic E-state index is -0.694. The first-order valence-electron chi connectivity index (χ1n) is 13.3. The topological polar surface area (TPSA) is 138 Å². The molecular formula is C31H27N9O2. The SMILES string of the molecule is Cc1cc(C)n2nc(N)c(C(=O)N[C@@H](C)c3nc4cccc(C#Cc5cnn(C)c5)c4c(=O)n3-c3ccccc3)c2n1. The van der Waals surface area contributed by atoms with E-state index in [1.54, 1.807) is 46.7 Å². The van der Waals surface area contributed by atoms with Crippen LogP contribution in [0.2, 0.25) is 0 Å². The molecule has 2 aromatic carbocycles. The molecule has 0 unspecified atom stereocenters. The zero-order valence-electron chi connectivity index (χ0n) is 23.5. The Bertz CT molecular complexity index is 2130. The van der Waals surface area contributed by atoms with E-state index in [-0.39, 0.29) is 16.9 Å². The van der Waals surface area contributed by atoms with E-state index in [9.17, 15) is 9.59 Å². The number of hydrogen-bond donors (Lipinski definition) is 2. The molecule has 1 amide bonds. The number of fused-ring (bicyclic) bond motifs is 2. The van der Waals surface area contributed by atoms with Gasteiger partial charge in [-0.15, -0.1) is 5.10 Å². The van der Waals surface area contributed by atoms with E-state index in [0.717, 1.165) is 17.0 Å². The molecule has 1 atom stereocenters. The van der Waals surface area contributed by atoms with Crippen molar-refractivity contribution < 1.29 is 4.79 Å². The van der Waals surface area contributed by atoms with Crippen LogP contribution in [0.25, 0.3) is 22.2 Å². The van der Waals surface area contributed by atoms with Gasteiger partial charge in [0.1, 0.15) is 11.4 Å². The number of carbonyl (C=O) groups is 1. The van der Waals surface area contributed by atoms with Crippen molar-refractivity contribution in [3.8, 4) is 17.5 Å². The first-order chi connectivity index (χ1) is 20.2. The predicted molar refractivity (Wildman–Crippen MR) is 159 cm³/mol. The number of nitrogens with two attached hydrogens (primary N) is 1. The van der Waals surface area contributed by atoms with E-state index in [2.05, 4.69) is 32.3 Å². The number of anilines is 1. The van der Waals surface area contributed by atoms with Gasteiger partial charge in [0.15, 0.2) is 11.5 Å². The molecule has 0 saturated carbocycles. The second-order valence-electron chi connectivity index (χ2n) is 10.0. The Balaban J connectivity index is 1.47. The molecule has 0 saturated heterocycles. The van der Waals surface area contributed by atoms with Crippen LogP contribution in [0.1, 0.15) is 51.7 Å². The summed E-state index contributed by atoms with van der Waals surface area (Å²) in [5.41, 5.74) is 10.3. The third kappa shape index (κ3) is 4.65. The molecule has 208 valence electrons. The maximum absolute atomic E-state index is 14.2. The normalized spacial score (nSPS) is 11.8. The van der Waals surface area contributed by atoms with Gasteiger partial charge in [-0.05, 0) is 51.1 Å². The van der Waals surface area contributed by atoms with Crippen molar-refractivity contribution in [2.75, 3.05) is 5.73 Å². The van der Waals surface area contributed by atoms with E-state index >= 15 is 0 Å². The van der Waals surface area contributed by atoms with E-state index in [4.69, 9.17) is 10.7 Å². The fourth-order valence-electron chi connectivity index (χ4n) is 4.98. The quantitative estimate of drug-likeness (QED) is 0.317. The summed E-state index contributed by atoms with van der Waals surface area (Å²) < 4.78 is 4.72. The summed E-state index contributed by atoms with van der Waals surface area (Å²) in [5, 5.41) is 11.8. The Morgan fingerprint density at radius 3 is 2.57 bits per heavy atom. The van der Waals surface area contributed by atoms with Gasteiger partial charge in [-0.3, -0.25) is 18.8 Å². The van der Waals surface area contributed by atoms with Gasteiger partial charge in [0, 0.05) is 30.2 Å². The third-order valence-corrected chi connectivity index (χ3v) is 6.87. The molecule has 0 aliphatic rings. The number of carbonyl (C=O) groups excluding carboxylic acids is 1. The number of nitrogen functional groups attached to an aromatic ring is 1. The Labute approximate surface area is 240 Å². The number of rotatable bonds is 4. The summed E-state index contributed by atoms with van der Waals surface area (Å²) in [5.74, 6) is 6.12. The first-order valence-corrected chi connectivity index (χ1v) is 13.3. The molecule has 6 aromatic rings. The minimum Gasteiger partial charge on any atom is -0.381 e. The summed E-state index contributed by atoms with van der Waals surface area (Å²) in [6.45, 7) is 5.47. The zero-order valence-corrected chi connectivity index (χ0v) is 23.5. The second kappa shape index (κ2) is 10.3. The summed E-state index contributed by atoms with van der Waals surface area (Å²) in [6.07, 6.45) is 3.46. The van der Waals surface area contributed by atoms with Crippen LogP contribution < -0.4 is 16.6 Å². The summed E-state index contributed by atoms with van der Waals surface area (Å²) in [4.78, 5) is 37.2. The number of nitrogens with one attached hydrogen (secondary N) is 1. The maximum atomic E-state index is 14.2. The highest BCUT2D eigenvalue weighted by molar-refractivity contribution is 6.04. The van der Waals surface area contributed by atoms with Crippen LogP contribution in [-0.2, 0) is 7.05 Å². The summed E-state index contributed by atoms with van der Waals surface area (Å²) in [6, 6.07) is 15.7. The van der Waals surface area contributed by atoms with E-state index in [1.807, 2.05) is 57.3 Å². The zero-order chi connectivity index (χ0) is 29.5. The molecule has 4 aromatic heterocycles. The van der Waals surface area contributed by atoms with Gasteiger partial charge in [0.2, 0.25) is 0 Å². The number of aromatic nitrogens is 7. The van der Waals surface area contributed by atoms with Crippen molar-refractivity contribution >= 4 is 28.3 Å². The minimum absolute atomic E-state index is 0.0599. The largest absolute Gasteiger partial charge is 0.381 e. The van der Waals surface area contributed by atoms with Crippen LogP contribution in [0.5, 0.6) is 0 Å². The molecule has 11 nitrogen and oxygen atoms in total. The molecule has 6 rings (SSSR count). The summed E-state index contributed by atoms with van der Waals surface area (Å²) >= 11 is 0. The average Bonchev–Trinajstić information content (AvgIpc) is 3.53. The van der Waals surface area contributed by atoms with Gasteiger partial charge in [0.25, 0.3) is 11.5 Å². The Kier molecular flexibility index (Phi) is 6.51. The summed E-state index contributed by atoms with van der Waals surface area (Å²) in [7, 11) is 1.82. The highest BCUT2D eigenvalue weighted by atomic mass is 16.2. The lowest BCUT2D eigenvalue weighted by molar-refractivity contribution is 0.0940. The van der Waals surface area contributed by atoms with Gasteiger partial charge in [-0.25, -0.2) is 14.5 Å². The van der Waals surface area contributed by atoms with Gasteiger partial charge in [-0.1, -0.05) is 36.1 Å². The molecule has 0 aliphatic carbocycles. The van der Waals surface area contributed by atoms with Crippen molar-refractivity contribution in [1.29, 1.82) is 0 Å². The second-order valence-corrected chi connectivity index (χ2v) is 10.0. The smallest absolute Gasteiger partial charge is 0.267 e. The fraction of sp³-hybridized carbons (Fsp3) is 0.161. The van der Waals surface area contributed by atoms with Crippen LogP contribution in [0.3, 0.4) is 0 Å². The number of benzene rings is 2. The number of hydrogen-bond acceptors (Lipinski definition) is 7. The predicted octanol–water partition coefficient (Wildman–Crippen LogP) is 3.25. The number of nitrogens with zero attached hydrogens (tertiary/aromatic N) is 7. The molecule has 42 heavy (non-hydrogen) atoms. The van der Waals surface area contributed by atoms with Crippen LogP contribution in [0.4, 0.5) is 5.82 Å². The highest BCUT2D eigenvalue weighted by Gasteiger charge is 2.25. The standard InChI is InChI=1S/C31H27N9O2/c1-18-15-19(2)40-29(34-18)26(27(32)37-40)30(41)35-20(3)28-36-24-12-8-9-22(14-13-21-16-33-38(4)17-21)25(24)31(42)39(28)23-10-6-5-7-11-23/h5-12,15-17,20H,1-4H3,(H2,32,37)(H,35,41)/t20-/m0/s1. The lowest BCUT2D eigenvalue weighted by atomic mass is 10.1. The molecule has 0 aliphatic heterocycles. The third-order valence-electron chi connectivity index (χ3n) is 6.87. The lowest BCUT2D eigenvalue weighted by Crippen LogP contribution is -2.33. The van der Waals surface area contributed by atoms with Crippen LogP contribution in [0, 0.1) is 25.7 Å². The van der Waals surface area contributed by atoms with Gasteiger partial charge < -0.3 is 11.1 Å². The van der Waals surface area contributed by atoms with Crippen molar-refractivity contribution in [3.63, 3.8) is 0 Å². The monoisotopic (exact) mass is 557 g/mol. The van der Waals surface area contributed by atoms with Crippen molar-refractivity contribution in [1.82, 2.24) is 39.2 Å². The van der Waals surface area contributed by atoms with Gasteiger partial charge in [0.05, 0.1) is 34.4 Å². The molecular weight excluding hydrogens is 530 g/mol. The van der Waals surface area contributed by atoms with E-state index < -0.39 is 11.9 Å².